The van der Waals surface area contributed by atoms with E-state index in [9.17, 15) is 4.79 Å². The number of carbonyl (C=O) groups excluding carboxylic acids is 1. The number of imidazole rings is 1. The fourth-order valence-electron chi connectivity index (χ4n) is 3.26. The molecule has 2 heterocycles. The lowest BCUT2D eigenvalue weighted by Crippen LogP contribution is -2.13. The van der Waals surface area contributed by atoms with Gasteiger partial charge in [-0.05, 0) is 55.3 Å². The van der Waals surface area contributed by atoms with Crippen molar-refractivity contribution in [3.05, 3.63) is 89.9 Å². The molecule has 2 aromatic heterocycles. The standard InChI is InChI=1S/C25H25N3O3/c1-3-14-30-23-12-5-4-11-22(23)27-25(29)19-9-6-10-21(15-19)31-17-20-16-28-13-7-8-18(2)24(28)26-20/h4-13,15-16H,3,14,17H2,1-2H3,(H,27,29). The van der Waals surface area contributed by atoms with E-state index in [1.165, 1.54) is 0 Å². The number of nitrogens with one attached hydrogen (secondary N) is 1. The number of para-hydroxylation sites is 2. The first kappa shape index (κ1) is 20.5. The Morgan fingerprint density at radius 1 is 1.06 bits per heavy atom. The summed E-state index contributed by atoms with van der Waals surface area (Å²) in [7, 11) is 0. The van der Waals surface area contributed by atoms with Gasteiger partial charge in [0.15, 0.2) is 0 Å². The maximum atomic E-state index is 12.8. The molecular weight excluding hydrogens is 390 g/mol. The molecule has 0 aliphatic carbocycles. The zero-order chi connectivity index (χ0) is 21.6. The molecule has 0 atom stereocenters. The molecule has 0 aliphatic rings. The van der Waals surface area contributed by atoms with Crippen LogP contribution in [-0.4, -0.2) is 21.9 Å². The zero-order valence-corrected chi connectivity index (χ0v) is 17.7. The second-order valence-corrected chi connectivity index (χ2v) is 7.27. The number of rotatable bonds is 8. The van der Waals surface area contributed by atoms with E-state index in [2.05, 4.69) is 10.3 Å². The number of pyridine rings is 1. The molecule has 0 spiro atoms. The number of amides is 1. The molecule has 0 saturated heterocycles. The number of ether oxygens (including phenoxy) is 2. The first-order valence-corrected chi connectivity index (χ1v) is 10.3. The van der Waals surface area contributed by atoms with Crippen LogP contribution in [0.25, 0.3) is 5.65 Å². The van der Waals surface area contributed by atoms with Crippen LogP contribution < -0.4 is 14.8 Å². The molecule has 6 heteroatoms. The Bertz CT molecular complexity index is 1200. The lowest BCUT2D eigenvalue weighted by atomic mass is 10.2. The molecule has 6 nitrogen and oxygen atoms in total. The average Bonchev–Trinajstić information content (AvgIpc) is 3.22. The fraction of sp³-hybridized carbons (Fsp3) is 0.200. The maximum Gasteiger partial charge on any atom is 0.255 e. The van der Waals surface area contributed by atoms with Crippen LogP contribution in [0.15, 0.2) is 73.1 Å². The summed E-state index contributed by atoms with van der Waals surface area (Å²) < 4.78 is 13.6. The van der Waals surface area contributed by atoms with Crippen molar-refractivity contribution in [2.24, 2.45) is 0 Å². The molecule has 4 aromatic rings. The van der Waals surface area contributed by atoms with Crippen molar-refractivity contribution in [1.29, 1.82) is 0 Å². The number of hydrogen-bond donors (Lipinski definition) is 1. The number of benzene rings is 2. The third-order valence-electron chi connectivity index (χ3n) is 4.81. The Kier molecular flexibility index (Phi) is 6.17. The summed E-state index contributed by atoms with van der Waals surface area (Å²) in [5.41, 5.74) is 4.00. The number of fused-ring (bicyclic) bond motifs is 1. The van der Waals surface area contributed by atoms with Gasteiger partial charge in [-0.25, -0.2) is 4.98 Å². The Morgan fingerprint density at radius 2 is 1.94 bits per heavy atom. The van der Waals surface area contributed by atoms with Gasteiger partial charge in [-0.2, -0.15) is 0 Å². The molecule has 158 valence electrons. The number of hydrogen-bond acceptors (Lipinski definition) is 4. The third-order valence-corrected chi connectivity index (χ3v) is 4.81. The number of nitrogens with zero attached hydrogens (tertiary/aromatic N) is 2. The van der Waals surface area contributed by atoms with Crippen LogP contribution in [0.1, 0.15) is 35.0 Å². The van der Waals surface area contributed by atoms with Crippen LogP contribution in [0.2, 0.25) is 0 Å². The summed E-state index contributed by atoms with van der Waals surface area (Å²) >= 11 is 0. The van der Waals surface area contributed by atoms with Crippen molar-refractivity contribution in [3.63, 3.8) is 0 Å². The molecule has 0 fully saturated rings. The SMILES string of the molecule is CCCOc1ccccc1NC(=O)c1cccc(OCc2cn3cccc(C)c3n2)c1. The molecule has 0 radical (unpaired) electrons. The van der Waals surface area contributed by atoms with Crippen molar-refractivity contribution in [2.45, 2.75) is 26.9 Å². The minimum absolute atomic E-state index is 0.221. The van der Waals surface area contributed by atoms with Gasteiger partial charge in [-0.3, -0.25) is 4.79 Å². The van der Waals surface area contributed by atoms with Crippen LogP contribution in [0, 0.1) is 6.92 Å². The van der Waals surface area contributed by atoms with Crippen LogP contribution in [0.3, 0.4) is 0 Å². The van der Waals surface area contributed by atoms with E-state index >= 15 is 0 Å². The summed E-state index contributed by atoms with van der Waals surface area (Å²) in [6, 6.07) is 18.6. The van der Waals surface area contributed by atoms with Gasteiger partial charge in [0.25, 0.3) is 5.91 Å². The Morgan fingerprint density at radius 3 is 2.77 bits per heavy atom. The van der Waals surface area contributed by atoms with E-state index in [1.54, 1.807) is 18.2 Å². The van der Waals surface area contributed by atoms with Crippen LogP contribution in [0.5, 0.6) is 11.5 Å². The van der Waals surface area contributed by atoms with E-state index in [0.29, 0.717) is 36.0 Å². The van der Waals surface area contributed by atoms with Crippen LogP contribution >= 0.6 is 0 Å². The Balaban J connectivity index is 1.44. The van der Waals surface area contributed by atoms with Crippen molar-refractivity contribution in [2.75, 3.05) is 11.9 Å². The van der Waals surface area contributed by atoms with Gasteiger partial charge < -0.3 is 19.2 Å². The largest absolute Gasteiger partial charge is 0.491 e. The molecule has 31 heavy (non-hydrogen) atoms. The van der Waals surface area contributed by atoms with Gasteiger partial charge in [0, 0.05) is 18.0 Å². The lowest BCUT2D eigenvalue weighted by Gasteiger charge is -2.12. The van der Waals surface area contributed by atoms with E-state index < -0.39 is 0 Å². The quantitative estimate of drug-likeness (QED) is 0.426. The van der Waals surface area contributed by atoms with Gasteiger partial charge >= 0.3 is 0 Å². The summed E-state index contributed by atoms with van der Waals surface area (Å²) in [6.45, 7) is 4.99. The number of aryl methyl sites for hydroxylation is 1. The average molecular weight is 415 g/mol. The van der Waals surface area contributed by atoms with Gasteiger partial charge in [0.1, 0.15) is 23.8 Å². The van der Waals surface area contributed by atoms with Gasteiger partial charge in [0.05, 0.1) is 18.0 Å². The first-order chi connectivity index (χ1) is 15.1. The topological polar surface area (TPSA) is 64.9 Å². The normalized spacial score (nSPS) is 10.8. The van der Waals surface area contributed by atoms with E-state index in [1.807, 2.05) is 73.1 Å². The van der Waals surface area contributed by atoms with Gasteiger partial charge in [0.2, 0.25) is 0 Å². The van der Waals surface area contributed by atoms with Crippen LogP contribution in [0.4, 0.5) is 5.69 Å². The number of anilines is 1. The fourth-order valence-corrected chi connectivity index (χ4v) is 3.26. The molecular formula is C25H25N3O3. The molecule has 4 rings (SSSR count). The molecule has 1 amide bonds. The summed E-state index contributed by atoms with van der Waals surface area (Å²) in [6.07, 6.45) is 4.81. The highest BCUT2D eigenvalue weighted by Gasteiger charge is 2.11. The first-order valence-electron chi connectivity index (χ1n) is 10.3. The Labute approximate surface area is 181 Å². The highest BCUT2D eigenvalue weighted by atomic mass is 16.5. The van der Waals surface area contributed by atoms with E-state index in [4.69, 9.17) is 9.47 Å². The Hall–Kier alpha value is -3.80. The number of carbonyl (C=O) groups is 1. The van der Waals surface area contributed by atoms with Crippen LogP contribution in [-0.2, 0) is 6.61 Å². The molecule has 1 N–H and O–H groups in total. The smallest absolute Gasteiger partial charge is 0.255 e. The minimum atomic E-state index is -0.221. The second-order valence-electron chi connectivity index (χ2n) is 7.27. The summed E-state index contributed by atoms with van der Waals surface area (Å²) in [4.78, 5) is 17.4. The summed E-state index contributed by atoms with van der Waals surface area (Å²) in [5, 5.41) is 2.93. The highest BCUT2D eigenvalue weighted by molar-refractivity contribution is 6.05. The zero-order valence-electron chi connectivity index (χ0n) is 17.7. The third kappa shape index (κ3) is 4.86. The minimum Gasteiger partial charge on any atom is -0.491 e. The van der Waals surface area contributed by atoms with Crippen molar-refractivity contribution in [3.8, 4) is 11.5 Å². The van der Waals surface area contributed by atoms with Crippen molar-refractivity contribution >= 4 is 17.2 Å². The van der Waals surface area contributed by atoms with Gasteiger partial charge in [-0.1, -0.05) is 31.2 Å². The predicted octanol–water partition coefficient (Wildman–Crippen LogP) is 5.26. The van der Waals surface area contributed by atoms with Crippen molar-refractivity contribution in [1.82, 2.24) is 9.38 Å². The molecule has 0 unspecified atom stereocenters. The molecule has 2 aromatic carbocycles. The second kappa shape index (κ2) is 9.34. The molecule has 0 bridgehead atoms. The summed E-state index contributed by atoms with van der Waals surface area (Å²) in [5.74, 6) is 1.05. The highest BCUT2D eigenvalue weighted by Crippen LogP contribution is 2.25. The van der Waals surface area contributed by atoms with Crippen molar-refractivity contribution < 1.29 is 14.3 Å². The predicted molar refractivity (Wildman–Crippen MR) is 121 cm³/mol. The van der Waals surface area contributed by atoms with Gasteiger partial charge in [-0.15, -0.1) is 0 Å². The number of aromatic nitrogens is 2. The maximum absolute atomic E-state index is 12.8. The monoisotopic (exact) mass is 415 g/mol. The van der Waals surface area contributed by atoms with E-state index in [-0.39, 0.29) is 5.91 Å². The molecule has 0 aliphatic heterocycles. The van der Waals surface area contributed by atoms with E-state index in [0.717, 1.165) is 23.3 Å². The lowest BCUT2D eigenvalue weighted by molar-refractivity contribution is 0.102. The molecule has 0 saturated carbocycles.